The topological polar surface area (TPSA) is 46.5 Å². The maximum absolute atomic E-state index is 10.8. The summed E-state index contributed by atoms with van der Waals surface area (Å²) in [6.07, 6.45) is 0.760. The summed E-state index contributed by atoms with van der Waals surface area (Å²) < 4.78 is 4.79. The standard InChI is InChI=1S/C7H12O3/c1-5-4-6(8)2-3-10-7(5)9/h5-6,8H,2-4H2,1H3. The predicted octanol–water partition coefficient (Wildman–Crippen LogP) is 0.320. The number of aliphatic hydroxyl groups excluding tert-OH is 1. The Bertz CT molecular complexity index is 133. The van der Waals surface area contributed by atoms with Gasteiger partial charge in [-0.3, -0.25) is 4.79 Å². The molecule has 1 saturated heterocycles. The van der Waals surface area contributed by atoms with Gasteiger partial charge in [-0.1, -0.05) is 6.92 Å². The zero-order valence-corrected chi connectivity index (χ0v) is 6.04. The van der Waals surface area contributed by atoms with E-state index in [1.807, 2.05) is 0 Å². The molecular formula is C7H12O3. The molecule has 0 aromatic rings. The minimum atomic E-state index is -0.360. The fraction of sp³-hybridized carbons (Fsp3) is 0.857. The molecule has 0 aromatic carbocycles. The molecule has 0 amide bonds. The molecule has 1 aliphatic heterocycles. The summed E-state index contributed by atoms with van der Waals surface area (Å²) in [6, 6.07) is 0. The van der Waals surface area contributed by atoms with E-state index in [-0.39, 0.29) is 18.0 Å². The van der Waals surface area contributed by atoms with Crippen LogP contribution in [0, 0.1) is 5.92 Å². The molecule has 0 saturated carbocycles. The van der Waals surface area contributed by atoms with Crippen molar-refractivity contribution in [2.24, 2.45) is 5.92 Å². The lowest BCUT2D eigenvalue weighted by molar-refractivity contribution is -0.146. The Morgan fingerprint density at radius 3 is 3.10 bits per heavy atom. The number of carbonyl (C=O) groups is 1. The Labute approximate surface area is 60.0 Å². The van der Waals surface area contributed by atoms with Crippen molar-refractivity contribution in [3.63, 3.8) is 0 Å². The third kappa shape index (κ3) is 1.70. The van der Waals surface area contributed by atoms with E-state index >= 15 is 0 Å². The number of hydrogen-bond acceptors (Lipinski definition) is 3. The van der Waals surface area contributed by atoms with E-state index < -0.39 is 0 Å². The minimum Gasteiger partial charge on any atom is -0.465 e. The number of aliphatic hydroxyl groups is 1. The van der Waals surface area contributed by atoms with Gasteiger partial charge in [0.1, 0.15) is 0 Å². The van der Waals surface area contributed by atoms with Crippen LogP contribution in [0.5, 0.6) is 0 Å². The highest BCUT2D eigenvalue weighted by Gasteiger charge is 2.22. The summed E-state index contributed by atoms with van der Waals surface area (Å²) in [4.78, 5) is 10.8. The smallest absolute Gasteiger partial charge is 0.308 e. The summed E-state index contributed by atoms with van der Waals surface area (Å²) in [5, 5.41) is 9.15. The molecule has 3 nitrogen and oxygen atoms in total. The van der Waals surface area contributed by atoms with Crippen molar-refractivity contribution in [3.8, 4) is 0 Å². The minimum absolute atomic E-state index is 0.141. The molecule has 58 valence electrons. The largest absolute Gasteiger partial charge is 0.465 e. The molecule has 0 aliphatic carbocycles. The van der Waals surface area contributed by atoms with Crippen molar-refractivity contribution in [3.05, 3.63) is 0 Å². The monoisotopic (exact) mass is 144 g/mol. The zero-order valence-electron chi connectivity index (χ0n) is 6.04. The first-order chi connectivity index (χ1) is 4.70. The summed E-state index contributed by atoms with van der Waals surface area (Å²) in [5.41, 5.74) is 0. The fourth-order valence-electron chi connectivity index (χ4n) is 1.06. The lowest BCUT2D eigenvalue weighted by Gasteiger charge is -2.06. The Kier molecular flexibility index (Phi) is 2.27. The molecule has 3 heteroatoms. The van der Waals surface area contributed by atoms with Crippen LogP contribution < -0.4 is 0 Å². The van der Waals surface area contributed by atoms with Gasteiger partial charge in [-0.2, -0.15) is 0 Å². The van der Waals surface area contributed by atoms with Crippen molar-refractivity contribution in [1.82, 2.24) is 0 Å². The lowest BCUT2D eigenvalue weighted by atomic mass is 10.0. The molecular weight excluding hydrogens is 132 g/mol. The van der Waals surface area contributed by atoms with Crippen LogP contribution >= 0.6 is 0 Å². The first-order valence-electron chi connectivity index (χ1n) is 3.55. The van der Waals surface area contributed by atoms with Gasteiger partial charge in [0.25, 0.3) is 0 Å². The Balaban J connectivity index is 2.49. The highest BCUT2D eigenvalue weighted by Crippen LogP contribution is 2.14. The van der Waals surface area contributed by atoms with Gasteiger partial charge in [0, 0.05) is 6.42 Å². The molecule has 0 bridgehead atoms. The van der Waals surface area contributed by atoms with Crippen LogP contribution in [0.2, 0.25) is 0 Å². The van der Waals surface area contributed by atoms with Crippen molar-refractivity contribution in [1.29, 1.82) is 0 Å². The molecule has 1 fully saturated rings. The second kappa shape index (κ2) is 3.01. The molecule has 10 heavy (non-hydrogen) atoms. The van der Waals surface area contributed by atoms with Gasteiger partial charge < -0.3 is 9.84 Å². The van der Waals surface area contributed by atoms with Crippen LogP contribution in [0.4, 0.5) is 0 Å². The fourth-order valence-corrected chi connectivity index (χ4v) is 1.06. The Hall–Kier alpha value is -0.570. The molecule has 0 spiro atoms. The first-order valence-corrected chi connectivity index (χ1v) is 3.55. The Morgan fingerprint density at radius 2 is 2.40 bits per heavy atom. The van der Waals surface area contributed by atoms with Crippen LogP contribution in [0.25, 0.3) is 0 Å². The van der Waals surface area contributed by atoms with Gasteiger partial charge >= 0.3 is 5.97 Å². The molecule has 1 heterocycles. The van der Waals surface area contributed by atoms with Gasteiger partial charge in [0.2, 0.25) is 0 Å². The molecule has 1 N–H and O–H groups in total. The number of rotatable bonds is 0. The van der Waals surface area contributed by atoms with E-state index in [0.29, 0.717) is 19.4 Å². The van der Waals surface area contributed by atoms with E-state index in [1.165, 1.54) is 0 Å². The number of hydrogen-bond donors (Lipinski definition) is 1. The SMILES string of the molecule is CC1CC(O)CCOC1=O. The highest BCUT2D eigenvalue weighted by molar-refractivity contribution is 5.72. The van der Waals surface area contributed by atoms with Gasteiger partial charge in [-0.05, 0) is 6.42 Å². The summed E-state index contributed by atoms with van der Waals surface area (Å²) in [6.45, 7) is 2.14. The second-order valence-corrected chi connectivity index (χ2v) is 2.75. The zero-order chi connectivity index (χ0) is 7.56. The molecule has 2 unspecified atom stereocenters. The second-order valence-electron chi connectivity index (χ2n) is 2.75. The van der Waals surface area contributed by atoms with E-state index in [2.05, 4.69) is 0 Å². The molecule has 1 rings (SSSR count). The van der Waals surface area contributed by atoms with Crippen molar-refractivity contribution < 1.29 is 14.6 Å². The summed E-state index contributed by atoms with van der Waals surface area (Å²) in [7, 11) is 0. The Morgan fingerprint density at radius 1 is 1.70 bits per heavy atom. The third-order valence-corrected chi connectivity index (χ3v) is 1.72. The average molecular weight is 144 g/mol. The average Bonchev–Trinajstić information content (AvgIpc) is 1.96. The number of esters is 1. The number of cyclic esters (lactones) is 1. The van der Waals surface area contributed by atoms with Crippen molar-refractivity contribution in [2.45, 2.75) is 25.9 Å². The molecule has 2 atom stereocenters. The van der Waals surface area contributed by atoms with Gasteiger partial charge in [0.15, 0.2) is 0 Å². The van der Waals surface area contributed by atoms with Crippen LogP contribution in [0.15, 0.2) is 0 Å². The van der Waals surface area contributed by atoms with Gasteiger partial charge in [-0.15, -0.1) is 0 Å². The van der Waals surface area contributed by atoms with E-state index in [9.17, 15) is 4.79 Å². The molecule has 0 aromatic heterocycles. The van der Waals surface area contributed by atoms with Crippen LogP contribution in [-0.2, 0) is 9.53 Å². The maximum Gasteiger partial charge on any atom is 0.308 e. The summed E-state index contributed by atoms with van der Waals surface area (Å²) >= 11 is 0. The van der Waals surface area contributed by atoms with E-state index in [0.717, 1.165) is 0 Å². The number of ether oxygens (including phenoxy) is 1. The third-order valence-electron chi connectivity index (χ3n) is 1.72. The summed E-state index contributed by atoms with van der Waals surface area (Å²) in [5.74, 6) is -0.325. The molecule has 1 aliphatic rings. The van der Waals surface area contributed by atoms with E-state index in [4.69, 9.17) is 9.84 Å². The number of carbonyl (C=O) groups excluding carboxylic acids is 1. The molecule has 0 radical (unpaired) electrons. The van der Waals surface area contributed by atoms with Gasteiger partial charge in [0.05, 0.1) is 18.6 Å². The van der Waals surface area contributed by atoms with Gasteiger partial charge in [-0.25, -0.2) is 0 Å². The normalized spacial score (nSPS) is 34.8. The van der Waals surface area contributed by atoms with Crippen LogP contribution in [0.1, 0.15) is 19.8 Å². The lowest BCUT2D eigenvalue weighted by Crippen LogP contribution is -2.14. The quantitative estimate of drug-likeness (QED) is 0.498. The maximum atomic E-state index is 10.8. The predicted molar refractivity (Wildman–Crippen MR) is 35.4 cm³/mol. The van der Waals surface area contributed by atoms with Crippen molar-refractivity contribution in [2.75, 3.05) is 6.61 Å². The van der Waals surface area contributed by atoms with Crippen molar-refractivity contribution >= 4 is 5.97 Å². The highest BCUT2D eigenvalue weighted by atomic mass is 16.5. The first kappa shape index (κ1) is 7.54. The van der Waals surface area contributed by atoms with Crippen LogP contribution in [-0.4, -0.2) is 23.8 Å². The van der Waals surface area contributed by atoms with Crippen LogP contribution in [0.3, 0.4) is 0 Å². The van der Waals surface area contributed by atoms with E-state index in [1.54, 1.807) is 6.92 Å².